The van der Waals surface area contributed by atoms with Gasteiger partial charge >= 0.3 is 0 Å². The summed E-state index contributed by atoms with van der Waals surface area (Å²) in [4.78, 5) is 0. The summed E-state index contributed by atoms with van der Waals surface area (Å²) in [6, 6.07) is 8.71. The van der Waals surface area contributed by atoms with Crippen LogP contribution in [0.2, 0.25) is 0 Å². The Morgan fingerprint density at radius 1 is 1.11 bits per heavy atom. The minimum absolute atomic E-state index is 0.356. The van der Waals surface area contributed by atoms with Crippen molar-refractivity contribution in [2.45, 2.75) is 52.5 Å². The van der Waals surface area contributed by atoms with E-state index in [0.717, 1.165) is 25.3 Å². The maximum absolute atomic E-state index is 5.86. The Kier molecular flexibility index (Phi) is 7.51. The van der Waals surface area contributed by atoms with Crippen molar-refractivity contribution < 1.29 is 4.74 Å². The van der Waals surface area contributed by atoms with Crippen LogP contribution in [-0.4, -0.2) is 13.2 Å². The first kappa shape index (κ1) is 15.0. The Morgan fingerprint density at radius 3 is 2.56 bits per heavy atom. The summed E-state index contributed by atoms with van der Waals surface area (Å²) in [6.45, 7) is 8.49. The van der Waals surface area contributed by atoms with Crippen molar-refractivity contribution in [2.75, 3.05) is 13.2 Å². The Labute approximate surface area is 112 Å². The summed E-state index contributed by atoms with van der Waals surface area (Å²) >= 11 is 0. The van der Waals surface area contributed by atoms with E-state index in [9.17, 15) is 0 Å². The molecule has 0 aliphatic rings. The molecule has 0 unspecified atom stereocenters. The summed E-state index contributed by atoms with van der Waals surface area (Å²) in [7, 11) is 0. The molecule has 0 heterocycles. The number of para-hydroxylation sites is 1. The van der Waals surface area contributed by atoms with Crippen molar-refractivity contribution >= 4 is 0 Å². The smallest absolute Gasteiger partial charge is 0.124 e. The first-order chi connectivity index (χ1) is 8.79. The standard InChI is InChI=1S/C16H27NO/c1-4-6-12-17-14(3)15-10-8-9-11-16(15)18-13-7-5-2/h8-11,14,17H,4-7,12-13H2,1-3H3/t14-/m1/s1. The van der Waals surface area contributed by atoms with Gasteiger partial charge in [-0.1, -0.05) is 44.9 Å². The summed E-state index contributed by atoms with van der Waals surface area (Å²) in [5.74, 6) is 1.03. The van der Waals surface area contributed by atoms with Gasteiger partial charge in [0.2, 0.25) is 0 Å². The monoisotopic (exact) mass is 249 g/mol. The van der Waals surface area contributed by atoms with E-state index < -0.39 is 0 Å². The molecule has 102 valence electrons. The maximum atomic E-state index is 5.86. The van der Waals surface area contributed by atoms with Crippen LogP contribution in [-0.2, 0) is 0 Å². The number of hydrogen-bond donors (Lipinski definition) is 1. The topological polar surface area (TPSA) is 21.3 Å². The highest BCUT2D eigenvalue weighted by atomic mass is 16.5. The van der Waals surface area contributed by atoms with Gasteiger partial charge in [0.05, 0.1) is 6.61 Å². The molecule has 1 aromatic carbocycles. The molecule has 0 saturated carbocycles. The van der Waals surface area contributed by atoms with Gasteiger partial charge in [-0.05, 0) is 32.4 Å². The molecule has 1 rings (SSSR count). The highest BCUT2D eigenvalue weighted by Gasteiger charge is 2.10. The summed E-state index contributed by atoms with van der Waals surface area (Å²) in [5.41, 5.74) is 1.27. The lowest BCUT2D eigenvalue weighted by atomic mass is 10.1. The first-order valence-corrected chi connectivity index (χ1v) is 7.24. The average molecular weight is 249 g/mol. The fraction of sp³-hybridized carbons (Fsp3) is 0.625. The lowest BCUT2D eigenvalue weighted by molar-refractivity contribution is 0.303. The van der Waals surface area contributed by atoms with Crippen LogP contribution >= 0.6 is 0 Å². The number of nitrogens with one attached hydrogen (secondary N) is 1. The summed E-state index contributed by atoms with van der Waals surface area (Å²) < 4.78 is 5.86. The van der Waals surface area contributed by atoms with Crippen LogP contribution in [0, 0.1) is 0 Å². The van der Waals surface area contributed by atoms with Crippen LogP contribution in [0.4, 0.5) is 0 Å². The van der Waals surface area contributed by atoms with E-state index in [-0.39, 0.29) is 0 Å². The van der Waals surface area contributed by atoms with Gasteiger partial charge in [-0.15, -0.1) is 0 Å². The van der Waals surface area contributed by atoms with Gasteiger partial charge < -0.3 is 10.1 Å². The normalized spacial score (nSPS) is 12.4. The molecule has 0 aromatic heterocycles. The summed E-state index contributed by atoms with van der Waals surface area (Å²) in [5, 5.41) is 3.55. The third-order valence-electron chi connectivity index (χ3n) is 3.12. The third kappa shape index (κ3) is 5.09. The van der Waals surface area contributed by atoms with Gasteiger partial charge in [0.15, 0.2) is 0 Å². The number of unbranched alkanes of at least 4 members (excludes halogenated alkanes) is 2. The second kappa shape index (κ2) is 8.98. The van der Waals surface area contributed by atoms with Gasteiger partial charge in [0.1, 0.15) is 5.75 Å². The van der Waals surface area contributed by atoms with Crippen molar-refractivity contribution in [1.29, 1.82) is 0 Å². The van der Waals surface area contributed by atoms with Crippen LogP contribution in [0.15, 0.2) is 24.3 Å². The second-order valence-electron chi connectivity index (χ2n) is 4.77. The number of benzene rings is 1. The van der Waals surface area contributed by atoms with Crippen molar-refractivity contribution in [2.24, 2.45) is 0 Å². The van der Waals surface area contributed by atoms with Crippen molar-refractivity contribution in [3.8, 4) is 5.75 Å². The molecule has 0 aliphatic carbocycles. The second-order valence-corrected chi connectivity index (χ2v) is 4.77. The molecule has 0 radical (unpaired) electrons. The molecular formula is C16H27NO. The largest absolute Gasteiger partial charge is 0.493 e. The summed E-state index contributed by atoms with van der Waals surface area (Å²) in [6.07, 6.45) is 4.75. The van der Waals surface area contributed by atoms with Gasteiger partial charge in [-0.3, -0.25) is 0 Å². The maximum Gasteiger partial charge on any atom is 0.124 e. The highest BCUT2D eigenvalue weighted by Crippen LogP contribution is 2.24. The lowest BCUT2D eigenvalue weighted by Crippen LogP contribution is -2.20. The van der Waals surface area contributed by atoms with Gasteiger partial charge in [-0.2, -0.15) is 0 Å². The molecule has 0 aliphatic heterocycles. The van der Waals surface area contributed by atoms with Crippen LogP contribution in [0.5, 0.6) is 5.75 Å². The molecule has 1 aromatic rings. The molecule has 2 heteroatoms. The average Bonchev–Trinajstić information content (AvgIpc) is 2.40. The van der Waals surface area contributed by atoms with Crippen molar-refractivity contribution in [3.63, 3.8) is 0 Å². The van der Waals surface area contributed by atoms with Gasteiger partial charge in [-0.25, -0.2) is 0 Å². The lowest BCUT2D eigenvalue weighted by Gasteiger charge is -2.18. The zero-order valence-electron chi connectivity index (χ0n) is 12.0. The number of rotatable bonds is 9. The molecule has 0 fully saturated rings. The van der Waals surface area contributed by atoms with E-state index in [1.54, 1.807) is 0 Å². The van der Waals surface area contributed by atoms with E-state index in [1.807, 2.05) is 6.07 Å². The SMILES string of the molecule is CCCCN[C@H](C)c1ccccc1OCCCC. The van der Waals surface area contributed by atoms with Gasteiger partial charge in [0, 0.05) is 11.6 Å². The van der Waals surface area contributed by atoms with Crippen LogP contribution in [0.25, 0.3) is 0 Å². The fourth-order valence-electron chi connectivity index (χ4n) is 1.90. The number of hydrogen-bond acceptors (Lipinski definition) is 2. The zero-order chi connectivity index (χ0) is 13.2. The van der Waals surface area contributed by atoms with Crippen LogP contribution < -0.4 is 10.1 Å². The fourth-order valence-corrected chi connectivity index (χ4v) is 1.90. The highest BCUT2D eigenvalue weighted by molar-refractivity contribution is 5.35. The van der Waals surface area contributed by atoms with Crippen molar-refractivity contribution in [1.82, 2.24) is 5.32 Å². The van der Waals surface area contributed by atoms with Crippen LogP contribution in [0.3, 0.4) is 0 Å². The minimum Gasteiger partial charge on any atom is -0.493 e. The van der Waals surface area contributed by atoms with E-state index in [0.29, 0.717) is 6.04 Å². The van der Waals surface area contributed by atoms with Crippen molar-refractivity contribution in [3.05, 3.63) is 29.8 Å². The molecule has 0 bridgehead atoms. The Bertz CT molecular complexity index is 325. The Balaban J connectivity index is 2.56. The third-order valence-corrected chi connectivity index (χ3v) is 3.12. The zero-order valence-corrected chi connectivity index (χ0v) is 12.0. The molecule has 1 N–H and O–H groups in total. The van der Waals surface area contributed by atoms with E-state index >= 15 is 0 Å². The minimum atomic E-state index is 0.356. The molecule has 0 spiro atoms. The molecule has 0 saturated heterocycles. The molecule has 2 nitrogen and oxygen atoms in total. The molecule has 0 amide bonds. The van der Waals surface area contributed by atoms with Crippen LogP contribution in [0.1, 0.15) is 58.1 Å². The molecule has 1 atom stereocenters. The van der Waals surface area contributed by atoms with E-state index in [1.165, 1.54) is 24.8 Å². The quantitative estimate of drug-likeness (QED) is 0.658. The van der Waals surface area contributed by atoms with E-state index in [2.05, 4.69) is 44.3 Å². The van der Waals surface area contributed by atoms with E-state index in [4.69, 9.17) is 4.74 Å². The molecular weight excluding hydrogens is 222 g/mol. The predicted molar refractivity (Wildman–Crippen MR) is 78.2 cm³/mol. The molecule has 18 heavy (non-hydrogen) atoms. The predicted octanol–water partition coefficient (Wildman–Crippen LogP) is 4.32. The Morgan fingerprint density at radius 2 is 1.83 bits per heavy atom. The van der Waals surface area contributed by atoms with Gasteiger partial charge in [0.25, 0.3) is 0 Å². The Hall–Kier alpha value is -1.02. The number of ether oxygens (including phenoxy) is 1. The first-order valence-electron chi connectivity index (χ1n) is 7.24.